The molecule has 29 heavy (non-hydrogen) atoms. The van der Waals surface area contributed by atoms with Crippen molar-refractivity contribution in [2.45, 2.75) is 31.2 Å². The van der Waals surface area contributed by atoms with Crippen molar-refractivity contribution < 1.29 is 9.59 Å². The smallest absolute Gasteiger partial charge is 0.217 e. The molecule has 8 heteroatoms. The first-order valence-corrected chi connectivity index (χ1v) is 10.9. The van der Waals surface area contributed by atoms with Crippen molar-refractivity contribution >= 4 is 45.6 Å². The number of hydrogen-bond donors (Lipinski definition) is 2. The molecule has 1 aromatic heterocycles. The zero-order chi connectivity index (χ0) is 20.8. The Labute approximate surface area is 178 Å². The van der Waals surface area contributed by atoms with Crippen LogP contribution in [0.15, 0.2) is 52.9 Å². The second-order valence-electron chi connectivity index (χ2n) is 6.62. The standard InChI is InChI=1S/C21H22N4O2S2/c1-13-5-4-6-18(11-13)23-20-24-25-21(29-20)28-12-19(27)17-9-7-16(8-10-17)14(2)22-15(3)26/h4-11,14H,12H2,1-3H3,(H,22,26)(H,23,24). The van der Waals surface area contributed by atoms with E-state index in [9.17, 15) is 9.59 Å². The van der Waals surface area contributed by atoms with E-state index in [-0.39, 0.29) is 17.7 Å². The molecule has 1 heterocycles. The van der Waals surface area contributed by atoms with Crippen LogP contribution in [0.25, 0.3) is 0 Å². The molecule has 3 rings (SSSR count). The van der Waals surface area contributed by atoms with Crippen LogP contribution in [0.5, 0.6) is 0 Å². The Bertz CT molecular complexity index is 1000. The summed E-state index contributed by atoms with van der Waals surface area (Å²) in [4.78, 5) is 23.6. The van der Waals surface area contributed by atoms with E-state index in [1.807, 2.05) is 50.2 Å². The van der Waals surface area contributed by atoms with Gasteiger partial charge in [0, 0.05) is 18.2 Å². The minimum Gasteiger partial charge on any atom is -0.350 e. The minimum atomic E-state index is -0.0910. The van der Waals surface area contributed by atoms with Gasteiger partial charge in [-0.3, -0.25) is 9.59 Å². The predicted octanol–water partition coefficient (Wildman–Crippen LogP) is 4.76. The van der Waals surface area contributed by atoms with Gasteiger partial charge in [-0.25, -0.2) is 0 Å². The number of hydrogen-bond acceptors (Lipinski definition) is 7. The molecule has 0 aliphatic carbocycles. The van der Waals surface area contributed by atoms with E-state index in [0.29, 0.717) is 16.4 Å². The average Bonchev–Trinajstić information content (AvgIpc) is 3.13. The largest absolute Gasteiger partial charge is 0.350 e. The number of benzene rings is 2. The maximum Gasteiger partial charge on any atom is 0.217 e. The molecule has 0 saturated heterocycles. The highest BCUT2D eigenvalue weighted by atomic mass is 32.2. The van der Waals surface area contributed by atoms with Crippen LogP contribution >= 0.6 is 23.1 Å². The maximum absolute atomic E-state index is 12.5. The summed E-state index contributed by atoms with van der Waals surface area (Å²) in [6, 6.07) is 15.3. The lowest BCUT2D eigenvalue weighted by molar-refractivity contribution is -0.119. The van der Waals surface area contributed by atoms with Gasteiger partial charge in [0.05, 0.1) is 11.8 Å². The molecule has 0 radical (unpaired) electrons. The molecule has 0 aliphatic rings. The molecule has 3 aromatic rings. The van der Waals surface area contributed by atoms with Crippen LogP contribution < -0.4 is 10.6 Å². The van der Waals surface area contributed by atoms with Gasteiger partial charge < -0.3 is 10.6 Å². The number of nitrogens with zero attached hydrogens (tertiary/aromatic N) is 2. The minimum absolute atomic E-state index is 0.0251. The van der Waals surface area contributed by atoms with Gasteiger partial charge in [0.1, 0.15) is 0 Å². The monoisotopic (exact) mass is 426 g/mol. The molecule has 1 amide bonds. The zero-order valence-corrected chi connectivity index (χ0v) is 18.1. The normalized spacial score (nSPS) is 11.7. The number of carbonyl (C=O) groups excluding carboxylic acids is 2. The second kappa shape index (κ2) is 9.67. The fraction of sp³-hybridized carbons (Fsp3) is 0.238. The maximum atomic E-state index is 12.5. The Morgan fingerprint density at radius 1 is 1.14 bits per heavy atom. The van der Waals surface area contributed by atoms with Crippen LogP contribution in [0.2, 0.25) is 0 Å². The third-order valence-electron chi connectivity index (χ3n) is 4.15. The molecule has 0 aliphatic heterocycles. The SMILES string of the molecule is CC(=O)NC(C)c1ccc(C(=O)CSc2nnc(Nc3cccc(C)c3)s2)cc1. The summed E-state index contributed by atoms with van der Waals surface area (Å²) in [6.07, 6.45) is 0. The van der Waals surface area contributed by atoms with E-state index in [1.165, 1.54) is 30.0 Å². The fourth-order valence-corrected chi connectivity index (χ4v) is 4.39. The molecule has 150 valence electrons. The number of rotatable bonds is 8. The lowest BCUT2D eigenvalue weighted by atomic mass is 10.0. The molecule has 0 fully saturated rings. The van der Waals surface area contributed by atoms with Gasteiger partial charge in [0.2, 0.25) is 11.0 Å². The average molecular weight is 427 g/mol. The van der Waals surface area contributed by atoms with Crippen molar-refractivity contribution in [1.29, 1.82) is 0 Å². The summed E-state index contributed by atoms with van der Waals surface area (Å²) in [5, 5.41) is 15.0. The number of aryl methyl sites for hydroxylation is 1. The number of thioether (sulfide) groups is 1. The Hall–Kier alpha value is -2.71. The summed E-state index contributed by atoms with van der Waals surface area (Å²) >= 11 is 2.80. The number of aromatic nitrogens is 2. The first-order valence-electron chi connectivity index (χ1n) is 9.11. The Morgan fingerprint density at radius 3 is 2.59 bits per heavy atom. The number of Topliss-reactive ketones (excluding diaryl/α,β-unsaturated/α-hetero) is 1. The van der Waals surface area contributed by atoms with E-state index in [2.05, 4.69) is 20.8 Å². The number of nitrogens with one attached hydrogen (secondary N) is 2. The summed E-state index contributed by atoms with van der Waals surface area (Å²) in [5.74, 6) is 0.235. The van der Waals surface area contributed by atoms with Crippen LogP contribution in [0, 0.1) is 6.92 Å². The summed E-state index contributed by atoms with van der Waals surface area (Å²) in [6.45, 7) is 5.43. The molecule has 1 atom stereocenters. The Kier molecular flexibility index (Phi) is 7.00. The third-order valence-corrected chi connectivity index (χ3v) is 6.13. The van der Waals surface area contributed by atoms with Crippen molar-refractivity contribution in [3.63, 3.8) is 0 Å². The Balaban J connectivity index is 1.54. The van der Waals surface area contributed by atoms with Crippen molar-refractivity contribution in [1.82, 2.24) is 15.5 Å². The van der Waals surface area contributed by atoms with Crippen LogP contribution in [0.3, 0.4) is 0 Å². The van der Waals surface area contributed by atoms with Crippen LogP contribution in [-0.4, -0.2) is 27.6 Å². The van der Waals surface area contributed by atoms with E-state index >= 15 is 0 Å². The lowest BCUT2D eigenvalue weighted by Crippen LogP contribution is -2.23. The molecular formula is C21H22N4O2S2. The molecular weight excluding hydrogens is 404 g/mol. The highest BCUT2D eigenvalue weighted by molar-refractivity contribution is 8.01. The van der Waals surface area contributed by atoms with Gasteiger partial charge in [0.25, 0.3) is 0 Å². The number of ketones is 1. The molecule has 0 spiro atoms. The topological polar surface area (TPSA) is 84.0 Å². The van der Waals surface area contributed by atoms with E-state index in [4.69, 9.17) is 0 Å². The number of amides is 1. The Morgan fingerprint density at radius 2 is 1.90 bits per heavy atom. The van der Waals surface area contributed by atoms with Gasteiger partial charge >= 0.3 is 0 Å². The predicted molar refractivity (Wildman–Crippen MR) is 118 cm³/mol. The van der Waals surface area contributed by atoms with Crippen molar-refractivity contribution in [3.8, 4) is 0 Å². The van der Waals surface area contributed by atoms with Gasteiger partial charge in [-0.05, 0) is 37.1 Å². The second-order valence-corrected chi connectivity index (χ2v) is 8.82. The quantitative estimate of drug-likeness (QED) is 0.399. The van der Waals surface area contributed by atoms with E-state index in [0.717, 1.165) is 21.2 Å². The number of anilines is 2. The lowest BCUT2D eigenvalue weighted by Gasteiger charge is -2.13. The van der Waals surface area contributed by atoms with Crippen molar-refractivity contribution in [2.75, 3.05) is 11.1 Å². The van der Waals surface area contributed by atoms with Crippen LogP contribution in [0.1, 0.15) is 41.4 Å². The zero-order valence-electron chi connectivity index (χ0n) is 16.4. The van der Waals surface area contributed by atoms with Gasteiger partial charge in [-0.2, -0.15) is 0 Å². The molecule has 1 unspecified atom stereocenters. The van der Waals surface area contributed by atoms with Gasteiger partial charge in [-0.15, -0.1) is 10.2 Å². The fourth-order valence-electron chi connectivity index (χ4n) is 2.72. The molecule has 0 saturated carbocycles. The highest BCUT2D eigenvalue weighted by Crippen LogP contribution is 2.28. The van der Waals surface area contributed by atoms with E-state index < -0.39 is 0 Å². The molecule has 2 N–H and O–H groups in total. The summed E-state index contributed by atoms with van der Waals surface area (Å²) < 4.78 is 0.740. The highest BCUT2D eigenvalue weighted by Gasteiger charge is 2.12. The van der Waals surface area contributed by atoms with Crippen LogP contribution in [-0.2, 0) is 4.79 Å². The van der Waals surface area contributed by atoms with Crippen molar-refractivity contribution in [2.24, 2.45) is 0 Å². The molecule has 2 aromatic carbocycles. The van der Waals surface area contributed by atoms with Crippen LogP contribution in [0.4, 0.5) is 10.8 Å². The third kappa shape index (κ3) is 6.13. The summed E-state index contributed by atoms with van der Waals surface area (Å²) in [5.41, 5.74) is 3.72. The van der Waals surface area contributed by atoms with E-state index in [1.54, 1.807) is 12.1 Å². The number of carbonyl (C=O) groups is 2. The first kappa shape index (κ1) is 21.0. The van der Waals surface area contributed by atoms with Gasteiger partial charge in [0.15, 0.2) is 10.1 Å². The first-order chi connectivity index (χ1) is 13.9. The molecule has 6 nitrogen and oxygen atoms in total. The van der Waals surface area contributed by atoms with Gasteiger partial charge in [-0.1, -0.05) is 59.5 Å². The molecule has 0 bridgehead atoms. The van der Waals surface area contributed by atoms with Crippen molar-refractivity contribution in [3.05, 3.63) is 65.2 Å². The summed E-state index contributed by atoms with van der Waals surface area (Å²) in [7, 11) is 0.